The maximum absolute atomic E-state index is 9.72. The summed E-state index contributed by atoms with van der Waals surface area (Å²) in [6, 6.07) is 3.12. The van der Waals surface area contributed by atoms with Gasteiger partial charge in [-0.2, -0.15) is 0 Å². The Bertz CT molecular complexity index is 270. The predicted molar refractivity (Wildman–Crippen MR) is 44.7 cm³/mol. The maximum Gasteiger partial charge on any atom is 0.417 e. The van der Waals surface area contributed by atoms with Gasteiger partial charge in [0.2, 0.25) is 0 Å². The molecule has 5 heteroatoms. The van der Waals surface area contributed by atoms with Gasteiger partial charge < -0.3 is 4.74 Å². The van der Waals surface area contributed by atoms with E-state index in [1.165, 1.54) is 6.47 Å². The van der Waals surface area contributed by atoms with Crippen molar-refractivity contribution in [3.05, 3.63) is 28.0 Å². The average molecular weight is 205 g/mol. The lowest BCUT2D eigenvalue weighted by Crippen LogP contribution is -1.91. The summed E-state index contributed by atoms with van der Waals surface area (Å²) in [5.74, 6) is 0. The van der Waals surface area contributed by atoms with Crippen molar-refractivity contribution in [1.82, 2.24) is 4.98 Å². The Kier molecular flexibility index (Phi) is 3.31. The molecule has 1 heterocycles. The van der Waals surface area contributed by atoms with E-state index in [-0.39, 0.29) is 16.9 Å². The molecule has 0 N–H and O–H groups in total. The summed E-state index contributed by atoms with van der Waals surface area (Å²) in [6.07, 6.45) is 0. The Hall–Kier alpha value is -0.800. The first-order chi connectivity index (χ1) is 5.72. The van der Waals surface area contributed by atoms with Crippen LogP contribution < -0.4 is 0 Å². The van der Waals surface area contributed by atoms with Crippen LogP contribution in [0, 0.1) is 0 Å². The molecule has 1 aromatic heterocycles. The van der Waals surface area contributed by atoms with E-state index in [4.69, 9.17) is 23.2 Å². The fourth-order valence-corrected chi connectivity index (χ4v) is 1.22. The van der Waals surface area contributed by atoms with Gasteiger partial charge in [-0.15, -0.1) is 0 Å². The molecule has 0 unspecified atom stereocenters. The van der Waals surface area contributed by atoms with Gasteiger partial charge in [0.1, 0.15) is 16.9 Å². The molecule has 0 amide bonds. The molecule has 0 bridgehead atoms. The fourth-order valence-electron chi connectivity index (χ4n) is 0.710. The van der Waals surface area contributed by atoms with Crippen molar-refractivity contribution in [2.75, 3.05) is 0 Å². The number of nitrogens with zero attached hydrogens (tertiary/aromatic N) is 1. The Morgan fingerprint density at radius 3 is 2.50 bits per heavy atom. The minimum Gasteiger partial charge on any atom is -0.452 e. The normalized spacial score (nSPS) is 9.50. The van der Waals surface area contributed by atoms with Gasteiger partial charge in [0.15, 0.2) is 0 Å². The molecular weight excluding hydrogens is 201 g/mol. The van der Waals surface area contributed by atoms with Crippen molar-refractivity contribution in [2.45, 2.75) is 6.61 Å². The molecular formula is C7H4Cl2NO2. The lowest BCUT2D eigenvalue weighted by Gasteiger charge is -1.99. The molecule has 0 aliphatic rings. The molecule has 0 aliphatic carbocycles. The number of pyridine rings is 1. The zero-order valence-electron chi connectivity index (χ0n) is 5.88. The van der Waals surface area contributed by atoms with Crippen LogP contribution in [-0.4, -0.2) is 11.5 Å². The second-order valence-corrected chi connectivity index (χ2v) is 2.77. The van der Waals surface area contributed by atoms with Crippen molar-refractivity contribution in [2.24, 2.45) is 0 Å². The second kappa shape index (κ2) is 4.28. The minimum absolute atomic E-state index is 0.103. The van der Waals surface area contributed by atoms with Crippen LogP contribution in [0.1, 0.15) is 5.56 Å². The first-order valence-electron chi connectivity index (χ1n) is 3.03. The lowest BCUT2D eigenvalue weighted by atomic mass is 10.3. The molecule has 63 valence electrons. The topological polar surface area (TPSA) is 39.2 Å². The van der Waals surface area contributed by atoms with Crippen molar-refractivity contribution in [1.29, 1.82) is 0 Å². The summed E-state index contributed by atoms with van der Waals surface area (Å²) >= 11 is 11.2. The van der Waals surface area contributed by atoms with Gasteiger partial charge in [0.05, 0.1) is 0 Å². The van der Waals surface area contributed by atoms with Crippen LogP contribution in [0.5, 0.6) is 0 Å². The smallest absolute Gasteiger partial charge is 0.417 e. The van der Waals surface area contributed by atoms with Crippen LogP contribution in [0.2, 0.25) is 10.3 Å². The molecule has 1 aromatic rings. The lowest BCUT2D eigenvalue weighted by molar-refractivity contribution is 0.267. The largest absolute Gasteiger partial charge is 0.452 e. The molecule has 0 saturated heterocycles. The van der Waals surface area contributed by atoms with Gasteiger partial charge in [-0.05, 0) is 17.7 Å². The Labute approximate surface area is 79.3 Å². The summed E-state index contributed by atoms with van der Waals surface area (Å²) in [4.78, 5) is 13.4. The zero-order valence-corrected chi connectivity index (χ0v) is 7.39. The first kappa shape index (κ1) is 9.29. The van der Waals surface area contributed by atoms with E-state index in [2.05, 4.69) is 9.72 Å². The van der Waals surface area contributed by atoms with Gasteiger partial charge in [-0.3, -0.25) is 0 Å². The summed E-state index contributed by atoms with van der Waals surface area (Å²) in [5.41, 5.74) is 0.684. The fraction of sp³-hybridized carbons (Fsp3) is 0.143. The van der Waals surface area contributed by atoms with Gasteiger partial charge >= 0.3 is 6.47 Å². The van der Waals surface area contributed by atoms with Crippen LogP contribution in [-0.2, 0) is 16.1 Å². The number of hydrogen-bond donors (Lipinski definition) is 0. The number of rotatable bonds is 3. The summed E-state index contributed by atoms with van der Waals surface area (Å²) in [6.45, 7) is 1.40. The van der Waals surface area contributed by atoms with E-state index in [1.54, 1.807) is 12.1 Å². The first-order valence-corrected chi connectivity index (χ1v) is 3.79. The third kappa shape index (κ3) is 2.68. The van der Waals surface area contributed by atoms with Gasteiger partial charge in [0, 0.05) is 0 Å². The summed E-state index contributed by atoms with van der Waals surface area (Å²) < 4.78 is 4.38. The molecule has 0 fully saturated rings. The van der Waals surface area contributed by atoms with Crippen LogP contribution in [0.25, 0.3) is 0 Å². The highest BCUT2D eigenvalue weighted by atomic mass is 35.5. The Balaban J connectivity index is 2.78. The standard InChI is InChI=1S/C7H4Cl2NO2/c8-6-1-5(3-12-4-11)2-7(9)10-6/h1-2H,3H2. The van der Waals surface area contributed by atoms with E-state index in [0.29, 0.717) is 5.56 Å². The Morgan fingerprint density at radius 1 is 1.42 bits per heavy atom. The predicted octanol–water partition coefficient (Wildman–Crippen LogP) is 1.97. The summed E-state index contributed by atoms with van der Waals surface area (Å²) in [7, 11) is 0. The molecule has 0 atom stereocenters. The molecule has 3 nitrogen and oxygen atoms in total. The quantitative estimate of drug-likeness (QED) is 0.708. The molecule has 1 rings (SSSR count). The molecule has 12 heavy (non-hydrogen) atoms. The molecule has 0 aromatic carbocycles. The van der Waals surface area contributed by atoms with Crippen LogP contribution in [0.15, 0.2) is 12.1 Å². The monoisotopic (exact) mass is 204 g/mol. The SMILES string of the molecule is O=[C]OCc1cc(Cl)nc(Cl)c1. The highest BCUT2D eigenvalue weighted by Crippen LogP contribution is 2.14. The van der Waals surface area contributed by atoms with Crippen LogP contribution in [0.4, 0.5) is 0 Å². The average Bonchev–Trinajstić information content (AvgIpc) is 1.99. The van der Waals surface area contributed by atoms with Gasteiger partial charge in [0.25, 0.3) is 0 Å². The third-order valence-corrected chi connectivity index (χ3v) is 1.51. The van der Waals surface area contributed by atoms with Crippen LogP contribution in [0.3, 0.4) is 0 Å². The van der Waals surface area contributed by atoms with E-state index in [0.717, 1.165) is 0 Å². The minimum atomic E-state index is 0.103. The number of halogens is 2. The molecule has 0 saturated carbocycles. The van der Waals surface area contributed by atoms with Crippen molar-refractivity contribution in [3.63, 3.8) is 0 Å². The molecule has 0 spiro atoms. The molecule has 0 aliphatic heterocycles. The zero-order chi connectivity index (χ0) is 8.97. The number of hydrogen-bond acceptors (Lipinski definition) is 3. The van der Waals surface area contributed by atoms with Crippen molar-refractivity contribution >= 4 is 29.7 Å². The van der Waals surface area contributed by atoms with E-state index < -0.39 is 0 Å². The highest BCUT2D eigenvalue weighted by molar-refractivity contribution is 6.32. The Morgan fingerprint density at radius 2 is 2.00 bits per heavy atom. The van der Waals surface area contributed by atoms with Gasteiger partial charge in [-0.25, -0.2) is 9.78 Å². The number of ether oxygens (including phenoxy) is 1. The summed E-state index contributed by atoms with van der Waals surface area (Å²) in [5, 5.41) is 0.541. The highest BCUT2D eigenvalue weighted by Gasteiger charge is 1.99. The number of aromatic nitrogens is 1. The third-order valence-electron chi connectivity index (χ3n) is 1.12. The van der Waals surface area contributed by atoms with Crippen molar-refractivity contribution < 1.29 is 9.53 Å². The van der Waals surface area contributed by atoms with Crippen molar-refractivity contribution in [3.8, 4) is 0 Å². The molecule has 1 radical (unpaired) electrons. The second-order valence-electron chi connectivity index (χ2n) is 1.99. The number of carbonyl (C=O) groups excluding carboxylic acids is 1. The van der Waals surface area contributed by atoms with Gasteiger partial charge in [-0.1, -0.05) is 23.2 Å². The van der Waals surface area contributed by atoms with Crippen LogP contribution >= 0.6 is 23.2 Å². The van der Waals surface area contributed by atoms with E-state index in [1.807, 2.05) is 0 Å². The van der Waals surface area contributed by atoms with E-state index >= 15 is 0 Å². The van der Waals surface area contributed by atoms with E-state index in [9.17, 15) is 4.79 Å². The maximum atomic E-state index is 9.72.